The first-order chi connectivity index (χ1) is 11.3. The van der Waals surface area contributed by atoms with Crippen molar-refractivity contribution in [2.75, 3.05) is 5.32 Å². The van der Waals surface area contributed by atoms with Gasteiger partial charge in [0.15, 0.2) is 0 Å². The van der Waals surface area contributed by atoms with Gasteiger partial charge in [-0.05, 0) is 24.3 Å². The monoisotopic (exact) mass is 331 g/mol. The van der Waals surface area contributed by atoms with Crippen LogP contribution in [-0.2, 0) is 0 Å². The van der Waals surface area contributed by atoms with Crippen LogP contribution in [-0.4, -0.2) is 26.8 Å². The molecule has 10 nitrogen and oxygen atoms in total. The molecule has 0 aliphatic rings. The molecule has 0 atom stereocenters. The van der Waals surface area contributed by atoms with E-state index >= 15 is 0 Å². The Morgan fingerprint density at radius 3 is 2.08 bits per heavy atom. The summed E-state index contributed by atoms with van der Waals surface area (Å²) in [5, 5.41) is 32.7. The number of carboxylic acids is 1. The molecule has 2 aromatic carbocycles. The zero-order chi connectivity index (χ0) is 17.9. The molecule has 10 heteroatoms. The summed E-state index contributed by atoms with van der Waals surface area (Å²) in [5.74, 6) is -2.11. The second-order valence-electron chi connectivity index (χ2n) is 4.55. The molecule has 0 aliphatic carbocycles. The molecule has 1 amide bonds. The van der Waals surface area contributed by atoms with Crippen molar-refractivity contribution >= 4 is 28.9 Å². The van der Waals surface area contributed by atoms with E-state index in [1.54, 1.807) is 0 Å². The van der Waals surface area contributed by atoms with Crippen molar-refractivity contribution in [3.8, 4) is 0 Å². The van der Waals surface area contributed by atoms with E-state index in [0.717, 1.165) is 24.3 Å². The lowest BCUT2D eigenvalue weighted by atomic mass is 10.1. The number of carboxylic acid groups (broad SMARTS) is 1. The van der Waals surface area contributed by atoms with Gasteiger partial charge in [-0.3, -0.25) is 25.0 Å². The first-order valence-corrected chi connectivity index (χ1v) is 6.37. The normalized spacial score (nSPS) is 10.0. The zero-order valence-electron chi connectivity index (χ0n) is 11.8. The molecule has 0 saturated heterocycles. The molecule has 0 aromatic heterocycles. The van der Waals surface area contributed by atoms with E-state index in [1.165, 1.54) is 18.2 Å². The van der Waals surface area contributed by atoms with Gasteiger partial charge in [0.2, 0.25) is 0 Å². The average molecular weight is 331 g/mol. The molecule has 0 bridgehead atoms. The van der Waals surface area contributed by atoms with E-state index in [9.17, 15) is 29.8 Å². The van der Waals surface area contributed by atoms with Gasteiger partial charge in [-0.1, -0.05) is 0 Å². The molecule has 0 fully saturated rings. The van der Waals surface area contributed by atoms with Gasteiger partial charge in [0.05, 0.1) is 9.85 Å². The first-order valence-electron chi connectivity index (χ1n) is 6.37. The molecule has 122 valence electrons. The van der Waals surface area contributed by atoms with Gasteiger partial charge in [-0.15, -0.1) is 0 Å². The summed E-state index contributed by atoms with van der Waals surface area (Å²) in [7, 11) is 0. The van der Waals surface area contributed by atoms with Gasteiger partial charge in [0.1, 0.15) is 5.56 Å². The topological polar surface area (TPSA) is 153 Å². The predicted molar refractivity (Wildman–Crippen MR) is 81.1 cm³/mol. The number of rotatable bonds is 5. The van der Waals surface area contributed by atoms with Gasteiger partial charge in [0, 0.05) is 29.4 Å². The smallest absolute Gasteiger partial charge is 0.342 e. The third kappa shape index (κ3) is 3.50. The number of nitrogens with zero attached hydrogens (tertiary/aromatic N) is 2. The number of benzene rings is 2. The van der Waals surface area contributed by atoms with Crippen LogP contribution in [0.1, 0.15) is 20.7 Å². The molecule has 0 heterocycles. The Kier molecular flexibility index (Phi) is 4.50. The number of nitro benzene ring substituents is 2. The van der Waals surface area contributed by atoms with Gasteiger partial charge in [-0.25, -0.2) is 4.79 Å². The van der Waals surface area contributed by atoms with Crippen LogP contribution in [0.3, 0.4) is 0 Å². The van der Waals surface area contributed by atoms with Gasteiger partial charge >= 0.3 is 5.97 Å². The van der Waals surface area contributed by atoms with E-state index in [4.69, 9.17) is 5.11 Å². The molecule has 0 spiro atoms. The van der Waals surface area contributed by atoms with Crippen LogP contribution in [0.15, 0.2) is 42.5 Å². The Morgan fingerprint density at radius 1 is 0.958 bits per heavy atom. The molecular weight excluding hydrogens is 322 g/mol. The lowest BCUT2D eigenvalue weighted by Crippen LogP contribution is -2.12. The van der Waals surface area contributed by atoms with E-state index < -0.39 is 33.0 Å². The molecule has 2 N–H and O–H groups in total. The maximum absolute atomic E-state index is 12.0. The van der Waals surface area contributed by atoms with Crippen molar-refractivity contribution in [3.63, 3.8) is 0 Å². The molecule has 0 aliphatic heterocycles. The lowest BCUT2D eigenvalue weighted by molar-refractivity contribution is -0.385. The first kappa shape index (κ1) is 16.5. The molecule has 2 aromatic rings. The maximum atomic E-state index is 12.0. The number of carbonyl (C=O) groups excluding carboxylic acids is 1. The minimum absolute atomic E-state index is 0.0232. The largest absolute Gasteiger partial charge is 0.477 e. The van der Waals surface area contributed by atoms with Crippen molar-refractivity contribution in [1.29, 1.82) is 0 Å². The SMILES string of the molecule is O=C(Nc1ccc(C(=O)O)c([N+](=O)[O-])c1)c1ccc([N+](=O)[O-])cc1. The Bertz CT molecular complexity index is 846. The number of nitrogens with one attached hydrogen (secondary N) is 1. The van der Waals surface area contributed by atoms with Crippen molar-refractivity contribution in [2.24, 2.45) is 0 Å². The van der Waals surface area contributed by atoms with Crippen LogP contribution >= 0.6 is 0 Å². The fourth-order valence-electron chi connectivity index (χ4n) is 1.88. The Balaban J connectivity index is 2.25. The second kappa shape index (κ2) is 6.52. The van der Waals surface area contributed by atoms with Crippen LogP contribution in [0, 0.1) is 20.2 Å². The number of non-ortho nitro benzene ring substituents is 1. The number of hydrogen-bond acceptors (Lipinski definition) is 6. The van der Waals surface area contributed by atoms with Crippen LogP contribution in [0.5, 0.6) is 0 Å². The Morgan fingerprint density at radius 2 is 1.58 bits per heavy atom. The highest BCUT2D eigenvalue weighted by atomic mass is 16.6. The molecule has 2 rings (SSSR count). The average Bonchev–Trinajstić information content (AvgIpc) is 2.54. The third-order valence-corrected chi connectivity index (χ3v) is 3.02. The number of nitro groups is 2. The summed E-state index contributed by atoms with van der Waals surface area (Å²) < 4.78 is 0. The Labute approximate surface area is 133 Å². The summed E-state index contributed by atoms with van der Waals surface area (Å²) in [4.78, 5) is 42.9. The Hall–Kier alpha value is -3.82. The van der Waals surface area contributed by atoms with E-state index in [1.807, 2.05) is 0 Å². The van der Waals surface area contributed by atoms with Crippen molar-refractivity contribution in [1.82, 2.24) is 0 Å². The summed E-state index contributed by atoms with van der Waals surface area (Å²) in [6.07, 6.45) is 0. The van der Waals surface area contributed by atoms with Crippen LogP contribution in [0.2, 0.25) is 0 Å². The number of hydrogen-bond donors (Lipinski definition) is 2. The van der Waals surface area contributed by atoms with Crippen LogP contribution < -0.4 is 5.32 Å². The lowest BCUT2D eigenvalue weighted by Gasteiger charge is -2.06. The van der Waals surface area contributed by atoms with E-state index in [0.29, 0.717) is 0 Å². The second-order valence-corrected chi connectivity index (χ2v) is 4.55. The predicted octanol–water partition coefficient (Wildman–Crippen LogP) is 2.45. The van der Waals surface area contributed by atoms with Gasteiger partial charge < -0.3 is 10.4 Å². The van der Waals surface area contributed by atoms with Crippen molar-refractivity contribution < 1.29 is 24.5 Å². The number of anilines is 1. The highest BCUT2D eigenvalue weighted by Gasteiger charge is 2.20. The summed E-state index contributed by atoms with van der Waals surface area (Å²) >= 11 is 0. The van der Waals surface area contributed by atoms with Gasteiger partial charge in [-0.2, -0.15) is 0 Å². The molecule has 0 radical (unpaired) electrons. The van der Waals surface area contributed by atoms with Crippen LogP contribution in [0.25, 0.3) is 0 Å². The molecular formula is C14H9N3O7. The highest BCUT2D eigenvalue weighted by Crippen LogP contribution is 2.24. The van der Waals surface area contributed by atoms with Crippen molar-refractivity contribution in [3.05, 3.63) is 73.8 Å². The minimum atomic E-state index is -1.46. The molecule has 0 unspecified atom stereocenters. The zero-order valence-corrected chi connectivity index (χ0v) is 11.8. The summed E-state index contributed by atoms with van der Waals surface area (Å²) in [5.41, 5.74) is -1.23. The third-order valence-electron chi connectivity index (χ3n) is 3.02. The summed E-state index contributed by atoms with van der Waals surface area (Å²) in [6.45, 7) is 0. The maximum Gasteiger partial charge on any atom is 0.342 e. The highest BCUT2D eigenvalue weighted by molar-refractivity contribution is 6.05. The number of aromatic carboxylic acids is 1. The minimum Gasteiger partial charge on any atom is -0.477 e. The fraction of sp³-hybridized carbons (Fsp3) is 0. The molecule has 0 saturated carbocycles. The van der Waals surface area contributed by atoms with Crippen molar-refractivity contribution in [2.45, 2.75) is 0 Å². The van der Waals surface area contributed by atoms with E-state index in [2.05, 4.69) is 5.32 Å². The van der Waals surface area contributed by atoms with Gasteiger partial charge in [0.25, 0.3) is 17.3 Å². The summed E-state index contributed by atoms with van der Waals surface area (Å²) in [6, 6.07) is 7.88. The fourth-order valence-corrected chi connectivity index (χ4v) is 1.88. The number of amides is 1. The van der Waals surface area contributed by atoms with E-state index in [-0.39, 0.29) is 16.9 Å². The number of carbonyl (C=O) groups is 2. The molecule has 24 heavy (non-hydrogen) atoms. The van der Waals surface area contributed by atoms with Crippen LogP contribution in [0.4, 0.5) is 17.1 Å². The standard InChI is InChI=1S/C14H9N3O7/c18-13(8-1-4-10(5-2-8)16(21)22)15-9-3-6-11(14(19)20)12(7-9)17(23)24/h1-7H,(H,15,18)(H,19,20). The quantitative estimate of drug-likeness (QED) is 0.630.